The number of nitrogens with zero attached hydrogens (tertiary/aromatic N) is 5. The van der Waals surface area contributed by atoms with Crippen molar-refractivity contribution >= 4 is 29.4 Å². The Kier molecular flexibility index (Phi) is 17.9. The number of rotatable bonds is 21. The third kappa shape index (κ3) is 15.4. The molecule has 6 N–H and O–H groups in total. The van der Waals surface area contributed by atoms with Gasteiger partial charge in [0.2, 0.25) is 11.8 Å². The first kappa shape index (κ1) is 42.0. The molecule has 1 saturated heterocycles. The third-order valence-electron chi connectivity index (χ3n) is 8.10. The summed E-state index contributed by atoms with van der Waals surface area (Å²) in [5.41, 5.74) is 7.97. The summed E-state index contributed by atoms with van der Waals surface area (Å²) in [6, 6.07) is -0.644. The number of carbonyl (C=O) groups excluding carboxylic acids is 4. The van der Waals surface area contributed by atoms with E-state index in [4.69, 9.17) is 20.7 Å². The molecule has 15 nitrogen and oxygen atoms in total. The molecule has 0 aliphatic carbocycles. The van der Waals surface area contributed by atoms with Gasteiger partial charge >= 0.3 is 5.97 Å². The monoisotopic (exact) mass is 737 g/mol. The second kappa shape index (κ2) is 22.5. The second-order valence-corrected chi connectivity index (χ2v) is 12.8. The van der Waals surface area contributed by atoms with Crippen LogP contribution in [-0.4, -0.2) is 93.6 Å². The highest BCUT2D eigenvalue weighted by Crippen LogP contribution is 2.22. The Bertz CT molecular complexity index is 1610. The first-order valence-corrected chi connectivity index (χ1v) is 17.8. The van der Waals surface area contributed by atoms with Crippen molar-refractivity contribution in [3.8, 4) is 0 Å². The van der Waals surface area contributed by atoms with Gasteiger partial charge in [0.25, 0.3) is 5.91 Å². The lowest BCUT2D eigenvalue weighted by molar-refractivity contribution is -0.148. The number of nitrogens with one attached hydrogen (secondary N) is 2. The Balaban J connectivity index is 1.28. The lowest BCUT2D eigenvalue weighted by Crippen LogP contribution is -2.41. The highest BCUT2D eigenvalue weighted by atomic mass is 19.1. The lowest BCUT2D eigenvalue weighted by Gasteiger charge is -2.22. The van der Waals surface area contributed by atoms with E-state index in [-0.39, 0.29) is 48.6 Å². The predicted molar refractivity (Wildman–Crippen MR) is 197 cm³/mol. The molecule has 288 valence electrons. The van der Waals surface area contributed by atoms with E-state index < -0.39 is 24.1 Å². The van der Waals surface area contributed by atoms with Gasteiger partial charge in [0.05, 0.1) is 25.3 Å². The molecule has 0 aromatic carbocycles. The first-order chi connectivity index (χ1) is 25.5. The maximum Gasteiger partial charge on any atom is 0.328 e. The van der Waals surface area contributed by atoms with Crippen LogP contribution in [0.5, 0.6) is 0 Å². The van der Waals surface area contributed by atoms with Crippen molar-refractivity contribution in [1.82, 2.24) is 35.5 Å². The van der Waals surface area contributed by atoms with E-state index >= 15 is 0 Å². The molecule has 3 amide bonds. The summed E-state index contributed by atoms with van der Waals surface area (Å²) in [7, 11) is 0. The fraction of sp³-hybridized carbons (Fsp3) is 0.486. The van der Waals surface area contributed by atoms with E-state index in [0.717, 1.165) is 5.57 Å². The summed E-state index contributed by atoms with van der Waals surface area (Å²) < 4.78 is 25.3. The molecule has 0 saturated carbocycles. The van der Waals surface area contributed by atoms with E-state index in [9.17, 15) is 23.6 Å². The average molecular weight is 738 g/mol. The first-order valence-electron chi connectivity index (χ1n) is 17.8. The SMILES string of the molecule is CCCOC(=O)[C@H]1CCCN1C(=O)c1coc(C[C@H](F)CC/C=C(C)/C=C/CNC(=O)/C=C/[C@H](C)CC(=O)NCCN(N)/C=C(\N)c2cncnc2)n1. The van der Waals surface area contributed by atoms with E-state index in [0.29, 0.717) is 69.7 Å². The lowest BCUT2D eigenvalue weighted by atomic mass is 10.1. The van der Waals surface area contributed by atoms with Crippen molar-refractivity contribution in [2.24, 2.45) is 17.5 Å². The van der Waals surface area contributed by atoms with Gasteiger partial charge < -0.3 is 35.4 Å². The second-order valence-electron chi connectivity index (χ2n) is 12.8. The van der Waals surface area contributed by atoms with E-state index in [1.54, 1.807) is 24.5 Å². The van der Waals surface area contributed by atoms with Crippen LogP contribution in [0.1, 0.15) is 81.2 Å². The fourth-order valence-corrected chi connectivity index (χ4v) is 5.29. The smallest absolute Gasteiger partial charge is 0.328 e. The molecule has 0 bridgehead atoms. The predicted octanol–water partition coefficient (Wildman–Crippen LogP) is 3.13. The molecule has 1 aliphatic heterocycles. The Hall–Kier alpha value is -5.38. The minimum Gasteiger partial charge on any atom is -0.464 e. The van der Waals surface area contributed by atoms with Gasteiger partial charge in [0.1, 0.15) is 24.8 Å². The number of esters is 1. The summed E-state index contributed by atoms with van der Waals surface area (Å²) in [5.74, 6) is 4.57. The molecule has 16 heteroatoms. The van der Waals surface area contributed by atoms with Crippen molar-refractivity contribution < 1.29 is 32.7 Å². The topological polar surface area (TPSA) is 212 Å². The van der Waals surface area contributed by atoms with Crippen LogP contribution in [0, 0.1) is 5.92 Å². The molecule has 2 aromatic heterocycles. The van der Waals surface area contributed by atoms with Crippen LogP contribution < -0.4 is 22.2 Å². The van der Waals surface area contributed by atoms with Crippen LogP contribution in [0.25, 0.3) is 5.70 Å². The van der Waals surface area contributed by atoms with Crippen LogP contribution in [0.3, 0.4) is 0 Å². The van der Waals surface area contributed by atoms with E-state index in [2.05, 4.69) is 25.6 Å². The molecule has 0 unspecified atom stereocenters. The Morgan fingerprint density at radius 2 is 1.98 bits per heavy atom. The highest BCUT2D eigenvalue weighted by Gasteiger charge is 2.36. The number of alkyl halides is 1. The van der Waals surface area contributed by atoms with Crippen LogP contribution >= 0.6 is 0 Å². The number of nitrogens with two attached hydrogens (primary N) is 2. The average Bonchev–Trinajstić information content (AvgIpc) is 3.82. The number of allylic oxidation sites excluding steroid dienone is 4. The molecule has 3 rings (SSSR count). The van der Waals surface area contributed by atoms with Gasteiger partial charge in [-0.1, -0.05) is 43.7 Å². The summed E-state index contributed by atoms with van der Waals surface area (Å²) in [6.45, 7) is 7.28. The summed E-state index contributed by atoms with van der Waals surface area (Å²) in [4.78, 5) is 63.2. The van der Waals surface area contributed by atoms with Gasteiger partial charge in [-0.15, -0.1) is 0 Å². The van der Waals surface area contributed by atoms with Crippen LogP contribution in [0.4, 0.5) is 4.39 Å². The number of likely N-dealkylation sites (tertiary alicyclic amines) is 1. The molecule has 1 aliphatic rings. The number of hydrogen-bond acceptors (Lipinski definition) is 12. The number of amides is 3. The van der Waals surface area contributed by atoms with Crippen LogP contribution in [0.15, 0.2) is 71.6 Å². The summed E-state index contributed by atoms with van der Waals surface area (Å²) in [5, 5.41) is 6.92. The standard InChI is InChI=1S/C37H52FN9O6/c1-4-18-52-37(51)32-11-7-16-47(32)36(50)31-24-53-35(45-31)20-29(38)10-5-8-26(2)9-6-14-43-33(48)13-12-27(3)19-34(49)44-15-17-46(40)23-30(39)28-21-41-25-42-22-28/h6,8-9,12-13,21-25,27,29,32H,4-5,7,10-11,14-20,39-40H2,1-3H3,(H,43,48)(H,44,49)/b9-6+,13-12+,26-8+,30-23-/t27-,29+,32+/m0/s1. The summed E-state index contributed by atoms with van der Waals surface area (Å²) in [6.07, 6.45) is 17.4. The van der Waals surface area contributed by atoms with Gasteiger partial charge in [-0.05, 0) is 51.0 Å². The molecule has 53 heavy (non-hydrogen) atoms. The van der Waals surface area contributed by atoms with Gasteiger partial charge in [0.15, 0.2) is 11.6 Å². The van der Waals surface area contributed by atoms with Crippen molar-refractivity contribution in [2.45, 2.75) is 77.9 Å². The fourth-order valence-electron chi connectivity index (χ4n) is 5.29. The number of hydrazine groups is 1. The number of carbonyl (C=O) groups is 4. The molecule has 0 radical (unpaired) electrons. The maximum atomic E-state index is 14.7. The largest absolute Gasteiger partial charge is 0.464 e. The number of oxazole rings is 1. The molecule has 3 heterocycles. The van der Waals surface area contributed by atoms with Crippen molar-refractivity contribution in [3.63, 3.8) is 0 Å². The van der Waals surface area contributed by atoms with Crippen molar-refractivity contribution in [3.05, 3.63) is 84.3 Å². The maximum absolute atomic E-state index is 14.7. The molecular weight excluding hydrogens is 685 g/mol. The van der Waals surface area contributed by atoms with E-state index in [1.165, 1.54) is 34.8 Å². The van der Waals surface area contributed by atoms with Gasteiger partial charge in [0, 0.05) is 50.2 Å². The van der Waals surface area contributed by atoms with E-state index in [1.807, 2.05) is 32.9 Å². The molecule has 3 atom stereocenters. The van der Waals surface area contributed by atoms with Gasteiger partial charge in [-0.3, -0.25) is 14.4 Å². The quantitative estimate of drug-likeness (QED) is 0.0479. The van der Waals surface area contributed by atoms with Crippen LogP contribution in [0.2, 0.25) is 0 Å². The number of hydrogen-bond donors (Lipinski definition) is 4. The molecule has 1 fully saturated rings. The number of halogens is 1. The number of aromatic nitrogens is 3. The normalized spacial score (nSPS) is 16.2. The Morgan fingerprint density at radius 3 is 2.74 bits per heavy atom. The zero-order chi connectivity index (χ0) is 38.6. The van der Waals surface area contributed by atoms with Crippen molar-refractivity contribution in [1.29, 1.82) is 0 Å². The Morgan fingerprint density at radius 1 is 1.21 bits per heavy atom. The van der Waals surface area contributed by atoms with Crippen molar-refractivity contribution in [2.75, 3.05) is 32.8 Å². The van der Waals surface area contributed by atoms with Gasteiger partial charge in [-0.2, -0.15) is 0 Å². The minimum absolute atomic E-state index is 0.0476. The minimum atomic E-state index is -1.23. The number of ether oxygens (including phenoxy) is 1. The zero-order valence-electron chi connectivity index (χ0n) is 30.7. The highest BCUT2D eigenvalue weighted by molar-refractivity contribution is 5.95. The van der Waals surface area contributed by atoms with Crippen LogP contribution in [-0.2, 0) is 25.5 Å². The molecule has 2 aromatic rings. The van der Waals surface area contributed by atoms with Gasteiger partial charge in [-0.25, -0.2) is 30.0 Å². The third-order valence-corrected chi connectivity index (χ3v) is 8.10. The zero-order valence-corrected chi connectivity index (χ0v) is 30.7. The molecular formula is C37H52FN9O6. The Labute approximate surface area is 309 Å². The summed E-state index contributed by atoms with van der Waals surface area (Å²) >= 11 is 0. The molecule has 0 spiro atoms.